The fraction of sp³-hybridized carbons (Fsp3) is 0.250. The first-order chi connectivity index (χ1) is 14.6. The van der Waals surface area contributed by atoms with Crippen molar-refractivity contribution in [2.24, 2.45) is 0 Å². The van der Waals surface area contributed by atoms with Crippen LogP contribution < -0.4 is 0 Å². The van der Waals surface area contributed by atoms with Crippen LogP contribution in [0.1, 0.15) is 20.8 Å². The molecule has 0 aliphatic carbocycles. The molecule has 0 aliphatic heterocycles. The number of para-hydroxylation sites is 1. The first kappa shape index (κ1) is 22.6. The number of ether oxygens (including phenoxy) is 1. The maximum absolute atomic E-state index is 14.4. The van der Waals surface area contributed by atoms with Crippen molar-refractivity contribution in [3.05, 3.63) is 74.4 Å². The summed E-state index contributed by atoms with van der Waals surface area (Å²) in [6, 6.07) is 9.41. The van der Waals surface area contributed by atoms with Crippen molar-refractivity contribution in [2.45, 2.75) is 19.3 Å². The summed E-state index contributed by atoms with van der Waals surface area (Å²) in [7, 11) is 1.32. The van der Waals surface area contributed by atoms with Crippen LogP contribution in [0.5, 0.6) is 0 Å². The fourth-order valence-corrected chi connectivity index (χ4v) is 4.40. The number of nitrogens with zero attached hydrogens (tertiary/aromatic N) is 2. The van der Waals surface area contributed by atoms with Crippen molar-refractivity contribution in [2.75, 3.05) is 13.7 Å². The average molecular weight is 456 g/mol. The van der Waals surface area contributed by atoms with E-state index < -0.39 is 41.6 Å². The smallest absolute Gasteiger partial charge is 0.380 e. The van der Waals surface area contributed by atoms with Crippen LogP contribution in [0.2, 0.25) is 0 Å². The lowest BCUT2D eigenvalue weighted by molar-refractivity contribution is -0.385. The lowest BCUT2D eigenvalue weighted by Gasteiger charge is -2.24. The number of methoxy groups -OCH3 is 1. The standard InChI is InChI=1S/C20H16F4N2O4S/c1-30-10-13-17-14(21)6-4-8-16(17)31-18(13)19(27)25(11-20(22,23)24)9-12-5-2-3-7-15(12)26(28)29/h2-8H,9-11H2,1H3. The Hall–Kier alpha value is -3.05. The number of benzene rings is 2. The van der Waals surface area contributed by atoms with Crippen LogP contribution in [0.3, 0.4) is 0 Å². The maximum atomic E-state index is 14.4. The zero-order chi connectivity index (χ0) is 22.8. The summed E-state index contributed by atoms with van der Waals surface area (Å²) in [6.45, 7) is -2.45. The summed E-state index contributed by atoms with van der Waals surface area (Å²) in [4.78, 5) is 24.1. The van der Waals surface area contributed by atoms with Crippen molar-refractivity contribution < 1.29 is 32.0 Å². The van der Waals surface area contributed by atoms with E-state index in [2.05, 4.69) is 0 Å². The summed E-state index contributed by atoms with van der Waals surface area (Å²) < 4.78 is 59.6. The largest absolute Gasteiger partial charge is 0.406 e. The minimum absolute atomic E-state index is 0.0503. The van der Waals surface area contributed by atoms with E-state index in [1.807, 2.05) is 0 Å². The number of alkyl halides is 3. The molecule has 0 aliphatic rings. The van der Waals surface area contributed by atoms with E-state index in [1.54, 1.807) is 6.07 Å². The number of carbonyl (C=O) groups excluding carboxylic acids is 1. The molecule has 0 unspecified atom stereocenters. The van der Waals surface area contributed by atoms with E-state index in [0.717, 1.165) is 17.4 Å². The summed E-state index contributed by atoms with van der Waals surface area (Å²) >= 11 is 0.849. The lowest BCUT2D eigenvalue weighted by Crippen LogP contribution is -2.38. The van der Waals surface area contributed by atoms with Crippen LogP contribution in [0.15, 0.2) is 42.5 Å². The molecule has 0 radical (unpaired) electrons. The maximum Gasteiger partial charge on any atom is 0.406 e. The van der Waals surface area contributed by atoms with Gasteiger partial charge in [-0.25, -0.2) is 4.39 Å². The number of nitro groups is 1. The number of halogens is 4. The van der Waals surface area contributed by atoms with Gasteiger partial charge in [-0.05, 0) is 12.1 Å². The number of hydrogen-bond acceptors (Lipinski definition) is 5. The molecule has 0 spiro atoms. The summed E-state index contributed by atoms with van der Waals surface area (Å²) in [5.41, 5.74) is -0.312. The lowest BCUT2D eigenvalue weighted by atomic mass is 10.1. The van der Waals surface area contributed by atoms with Gasteiger partial charge in [-0.15, -0.1) is 11.3 Å². The van der Waals surface area contributed by atoms with Gasteiger partial charge in [0, 0.05) is 34.4 Å². The molecule has 3 aromatic rings. The SMILES string of the molecule is COCc1c(C(=O)N(Cc2ccccc2[N+](=O)[O-])CC(F)(F)F)sc2cccc(F)c12. The number of fused-ring (bicyclic) bond motifs is 1. The summed E-state index contributed by atoms with van der Waals surface area (Å²) in [5.74, 6) is -1.64. The van der Waals surface area contributed by atoms with Crippen molar-refractivity contribution >= 4 is 33.0 Å². The number of nitro benzene ring substituents is 1. The van der Waals surface area contributed by atoms with E-state index in [1.165, 1.54) is 37.4 Å². The third-order valence-electron chi connectivity index (χ3n) is 4.45. The zero-order valence-electron chi connectivity index (χ0n) is 16.1. The Kier molecular flexibility index (Phi) is 6.56. The van der Waals surface area contributed by atoms with Crippen LogP contribution in [0.25, 0.3) is 10.1 Å². The Balaban J connectivity index is 2.09. The number of carbonyl (C=O) groups is 1. The molecular weight excluding hydrogens is 440 g/mol. The Bertz CT molecular complexity index is 1130. The van der Waals surface area contributed by atoms with E-state index >= 15 is 0 Å². The quantitative estimate of drug-likeness (QED) is 0.275. The number of hydrogen-bond donors (Lipinski definition) is 0. The highest BCUT2D eigenvalue weighted by atomic mass is 32.1. The van der Waals surface area contributed by atoms with Crippen LogP contribution in [0.4, 0.5) is 23.2 Å². The van der Waals surface area contributed by atoms with Crippen LogP contribution in [-0.4, -0.2) is 35.6 Å². The molecular formula is C20H16F4N2O4S. The molecule has 31 heavy (non-hydrogen) atoms. The number of amides is 1. The second-order valence-electron chi connectivity index (χ2n) is 6.62. The predicted molar refractivity (Wildman–Crippen MR) is 106 cm³/mol. The fourth-order valence-electron chi connectivity index (χ4n) is 3.21. The molecule has 0 N–H and O–H groups in total. The highest BCUT2D eigenvalue weighted by Gasteiger charge is 2.36. The highest BCUT2D eigenvalue weighted by molar-refractivity contribution is 7.21. The number of rotatable bonds is 7. The molecule has 2 aromatic carbocycles. The molecule has 0 bridgehead atoms. The number of thiophene rings is 1. The molecule has 0 saturated heterocycles. The Morgan fingerprint density at radius 2 is 1.90 bits per heavy atom. The van der Waals surface area contributed by atoms with Gasteiger partial charge in [-0.1, -0.05) is 24.3 Å². The van der Waals surface area contributed by atoms with Gasteiger partial charge < -0.3 is 9.64 Å². The second-order valence-corrected chi connectivity index (χ2v) is 7.67. The average Bonchev–Trinajstić information content (AvgIpc) is 3.06. The summed E-state index contributed by atoms with van der Waals surface area (Å²) in [6.07, 6.45) is -4.75. The second kappa shape index (κ2) is 8.98. The van der Waals surface area contributed by atoms with Crippen LogP contribution in [0, 0.1) is 15.9 Å². The van der Waals surface area contributed by atoms with E-state index in [0.29, 0.717) is 9.60 Å². The molecule has 164 valence electrons. The predicted octanol–water partition coefficient (Wildman–Crippen LogP) is 5.30. The first-order valence-corrected chi connectivity index (χ1v) is 9.71. The van der Waals surface area contributed by atoms with E-state index in [4.69, 9.17) is 4.74 Å². The van der Waals surface area contributed by atoms with Gasteiger partial charge >= 0.3 is 6.18 Å². The van der Waals surface area contributed by atoms with Gasteiger partial charge in [-0.2, -0.15) is 13.2 Å². The van der Waals surface area contributed by atoms with Crippen molar-refractivity contribution in [1.82, 2.24) is 4.90 Å². The summed E-state index contributed by atoms with van der Waals surface area (Å²) in [5, 5.41) is 11.4. The monoisotopic (exact) mass is 456 g/mol. The molecule has 3 rings (SSSR count). The zero-order valence-corrected chi connectivity index (χ0v) is 16.9. The molecule has 6 nitrogen and oxygen atoms in total. The normalized spacial score (nSPS) is 11.6. The Morgan fingerprint density at radius 1 is 1.19 bits per heavy atom. The highest BCUT2D eigenvalue weighted by Crippen LogP contribution is 2.35. The van der Waals surface area contributed by atoms with Gasteiger partial charge in [-0.3, -0.25) is 14.9 Å². The third-order valence-corrected chi connectivity index (χ3v) is 5.64. The topological polar surface area (TPSA) is 72.7 Å². The van der Waals surface area contributed by atoms with Crippen molar-refractivity contribution in [1.29, 1.82) is 0 Å². The minimum atomic E-state index is -4.75. The first-order valence-electron chi connectivity index (χ1n) is 8.89. The van der Waals surface area contributed by atoms with Gasteiger partial charge in [0.1, 0.15) is 12.4 Å². The molecule has 11 heteroatoms. The molecule has 0 saturated carbocycles. The Morgan fingerprint density at radius 3 is 2.55 bits per heavy atom. The molecule has 1 heterocycles. The van der Waals surface area contributed by atoms with Crippen molar-refractivity contribution in [3.8, 4) is 0 Å². The van der Waals surface area contributed by atoms with Gasteiger partial charge in [0.05, 0.1) is 23.0 Å². The Labute approximate surface area is 177 Å². The van der Waals surface area contributed by atoms with Gasteiger partial charge in [0.15, 0.2) is 0 Å². The van der Waals surface area contributed by atoms with Crippen molar-refractivity contribution in [3.63, 3.8) is 0 Å². The molecule has 1 amide bonds. The molecule has 1 aromatic heterocycles. The van der Waals surface area contributed by atoms with Crippen LogP contribution >= 0.6 is 11.3 Å². The van der Waals surface area contributed by atoms with E-state index in [-0.39, 0.29) is 28.0 Å². The van der Waals surface area contributed by atoms with Gasteiger partial charge in [0.25, 0.3) is 11.6 Å². The third kappa shape index (κ3) is 5.00. The van der Waals surface area contributed by atoms with Crippen LogP contribution in [-0.2, 0) is 17.9 Å². The minimum Gasteiger partial charge on any atom is -0.380 e. The molecule has 0 fully saturated rings. The molecule has 0 atom stereocenters. The van der Waals surface area contributed by atoms with E-state index in [9.17, 15) is 32.5 Å². The van der Waals surface area contributed by atoms with Gasteiger partial charge in [0.2, 0.25) is 0 Å².